The zero-order valence-electron chi connectivity index (χ0n) is 6.83. The van der Waals surface area contributed by atoms with Gasteiger partial charge in [-0.2, -0.15) is 5.26 Å². The molecular formula is C9H11N3. The van der Waals surface area contributed by atoms with Gasteiger partial charge in [-0.05, 0) is 25.0 Å². The number of unbranched alkanes of at least 4 members (excludes halogenated alkanes) is 1. The van der Waals surface area contributed by atoms with Crippen LogP contribution < -0.4 is 5.73 Å². The van der Waals surface area contributed by atoms with E-state index in [4.69, 9.17) is 11.0 Å². The minimum atomic E-state index is 0.565. The molecule has 0 saturated carbocycles. The Morgan fingerprint density at radius 3 is 3.08 bits per heavy atom. The lowest BCUT2D eigenvalue weighted by Crippen LogP contribution is -1.96. The molecule has 0 fully saturated rings. The molecule has 0 aliphatic carbocycles. The van der Waals surface area contributed by atoms with Crippen LogP contribution in [-0.2, 0) is 6.42 Å². The Labute approximate surface area is 71.8 Å². The summed E-state index contributed by atoms with van der Waals surface area (Å²) in [6, 6.07) is 5.73. The molecule has 0 atom stereocenters. The summed E-state index contributed by atoms with van der Waals surface area (Å²) in [5.41, 5.74) is 7.27. The molecular weight excluding hydrogens is 150 g/mol. The van der Waals surface area contributed by atoms with Gasteiger partial charge >= 0.3 is 0 Å². The summed E-state index contributed by atoms with van der Waals surface area (Å²) in [5.74, 6) is 0. The molecule has 2 N–H and O–H groups in total. The lowest BCUT2D eigenvalue weighted by molar-refractivity contribution is 0.827. The summed E-state index contributed by atoms with van der Waals surface area (Å²) < 4.78 is 0. The molecule has 1 rings (SSSR count). The van der Waals surface area contributed by atoms with Crippen LogP contribution in [0, 0.1) is 11.3 Å². The van der Waals surface area contributed by atoms with E-state index in [1.54, 1.807) is 6.20 Å². The minimum absolute atomic E-state index is 0.565. The predicted octanol–water partition coefficient (Wildman–Crippen LogP) is 1.51. The maximum atomic E-state index is 8.31. The van der Waals surface area contributed by atoms with Gasteiger partial charge in [0.25, 0.3) is 0 Å². The van der Waals surface area contributed by atoms with E-state index in [-0.39, 0.29) is 0 Å². The molecule has 3 heteroatoms. The first kappa shape index (κ1) is 8.54. The van der Waals surface area contributed by atoms with Crippen molar-refractivity contribution in [1.82, 2.24) is 4.98 Å². The van der Waals surface area contributed by atoms with Gasteiger partial charge in [0.05, 0.1) is 17.5 Å². The monoisotopic (exact) mass is 161 g/mol. The lowest BCUT2D eigenvalue weighted by Gasteiger charge is -2.00. The van der Waals surface area contributed by atoms with Crippen LogP contribution in [0.4, 0.5) is 5.69 Å². The van der Waals surface area contributed by atoms with Crippen molar-refractivity contribution in [2.75, 3.05) is 5.73 Å². The molecule has 3 nitrogen and oxygen atoms in total. The second-order valence-electron chi connectivity index (χ2n) is 2.55. The number of nitrogens with zero attached hydrogens (tertiary/aromatic N) is 2. The molecule has 0 amide bonds. The van der Waals surface area contributed by atoms with Gasteiger partial charge in [-0.25, -0.2) is 0 Å². The number of anilines is 1. The van der Waals surface area contributed by atoms with E-state index in [0.717, 1.165) is 24.2 Å². The number of nitrogen functional groups attached to an aromatic ring is 1. The molecule has 0 saturated heterocycles. The number of nitrogens with two attached hydrogens (primary N) is 1. The zero-order valence-corrected chi connectivity index (χ0v) is 6.83. The van der Waals surface area contributed by atoms with E-state index < -0.39 is 0 Å². The van der Waals surface area contributed by atoms with Crippen LogP contribution in [0.15, 0.2) is 18.3 Å². The summed E-state index contributed by atoms with van der Waals surface area (Å²) in [6.07, 6.45) is 3.91. The van der Waals surface area contributed by atoms with Gasteiger partial charge < -0.3 is 5.73 Å². The minimum Gasteiger partial charge on any atom is -0.397 e. The number of rotatable bonds is 3. The van der Waals surface area contributed by atoms with Gasteiger partial charge in [0.2, 0.25) is 0 Å². The van der Waals surface area contributed by atoms with Crippen molar-refractivity contribution < 1.29 is 0 Å². The average molecular weight is 161 g/mol. The van der Waals surface area contributed by atoms with Crippen LogP contribution in [0.2, 0.25) is 0 Å². The quantitative estimate of drug-likeness (QED) is 0.683. The topological polar surface area (TPSA) is 62.7 Å². The van der Waals surface area contributed by atoms with Crippen LogP contribution in [0.5, 0.6) is 0 Å². The number of pyridine rings is 1. The van der Waals surface area contributed by atoms with E-state index >= 15 is 0 Å². The number of aryl methyl sites for hydroxylation is 1. The summed E-state index contributed by atoms with van der Waals surface area (Å²) in [6.45, 7) is 0. The third-order valence-corrected chi connectivity index (χ3v) is 1.63. The van der Waals surface area contributed by atoms with Crippen molar-refractivity contribution in [1.29, 1.82) is 5.26 Å². The van der Waals surface area contributed by atoms with E-state index in [1.165, 1.54) is 0 Å². The molecule has 0 aliphatic rings. The third kappa shape index (κ3) is 2.24. The van der Waals surface area contributed by atoms with Crippen molar-refractivity contribution >= 4 is 5.69 Å². The van der Waals surface area contributed by atoms with Crippen LogP contribution >= 0.6 is 0 Å². The van der Waals surface area contributed by atoms with E-state index in [9.17, 15) is 0 Å². The maximum Gasteiger partial charge on any atom is 0.0632 e. The van der Waals surface area contributed by atoms with Gasteiger partial charge in [-0.1, -0.05) is 0 Å². The van der Waals surface area contributed by atoms with E-state index in [1.807, 2.05) is 12.1 Å². The van der Waals surface area contributed by atoms with Crippen LogP contribution in [-0.4, -0.2) is 4.98 Å². The van der Waals surface area contributed by atoms with Crippen molar-refractivity contribution in [3.63, 3.8) is 0 Å². The SMILES string of the molecule is N#CCCCc1ncccc1N. The van der Waals surface area contributed by atoms with Gasteiger partial charge in [0.15, 0.2) is 0 Å². The number of hydrogen-bond acceptors (Lipinski definition) is 3. The zero-order chi connectivity index (χ0) is 8.81. The highest BCUT2D eigenvalue weighted by Crippen LogP contribution is 2.09. The second-order valence-corrected chi connectivity index (χ2v) is 2.55. The molecule has 0 spiro atoms. The fraction of sp³-hybridized carbons (Fsp3) is 0.333. The Morgan fingerprint density at radius 2 is 2.42 bits per heavy atom. The fourth-order valence-electron chi connectivity index (χ4n) is 0.994. The maximum absolute atomic E-state index is 8.31. The fourth-order valence-corrected chi connectivity index (χ4v) is 0.994. The summed E-state index contributed by atoms with van der Waals surface area (Å²) >= 11 is 0. The van der Waals surface area contributed by atoms with Crippen molar-refractivity contribution in [2.45, 2.75) is 19.3 Å². The smallest absolute Gasteiger partial charge is 0.0632 e. The first-order chi connectivity index (χ1) is 5.84. The van der Waals surface area contributed by atoms with Crippen molar-refractivity contribution in [3.05, 3.63) is 24.0 Å². The third-order valence-electron chi connectivity index (χ3n) is 1.63. The van der Waals surface area contributed by atoms with E-state index in [2.05, 4.69) is 11.1 Å². The van der Waals surface area contributed by atoms with Gasteiger partial charge in [0, 0.05) is 12.6 Å². The molecule has 1 aromatic rings. The first-order valence-corrected chi connectivity index (χ1v) is 3.91. The van der Waals surface area contributed by atoms with Crippen LogP contribution in [0.25, 0.3) is 0 Å². The summed E-state index contributed by atoms with van der Waals surface area (Å²) in [5, 5.41) is 8.31. The average Bonchev–Trinajstić information content (AvgIpc) is 2.09. The predicted molar refractivity (Wildman–Crippen MR) is 47.2 cm³/mol. The first-order valence-electron chi connectivity index (χ1n) is 3.91. The molecule has 1 heterocycles. The Bertz CT molecular complexity index is 288. The van der Waals surface area contributed by atoms with Crippen LogP contribution in [0.1, 0.15) is 18.5 Å². The Morgan fingerprint density at radius 1 is 1.58 bits per heavy atom. The molecule has 0 bridgehead atoms. The summed E-state index contributed by atoms with van der Waals surface area (Å²) in [7, 11) is 0. The second kappa shape index (κ2) is 4.35. The van der Waals surface area contributed by atoms with Crippen molar-refractivity contribution in [3.8, 4) is 6.07 Å². The molecule has 1 aromatic heterocycles. The van der Waals surface area contributed by atoms with Crippen molar-refractivity contribution in [2.24, 2.45) is 0 Å². The number of nitriles is 1. The summed E-state index contributed by atoms with van der Waals surface area (Å²) in [4.78, 5) is 4.12. The Balaban J connectivity index is 2.53. The highest BCUT2D eigenvalue weighted by Gasteiger charge is 1.97. The number of hydrogen-bond donors (Lipinski definition) is 1. The molecule has 0 aliphatic heterocycles. The lowest BCUT2D eigenvalue weighted by atomic mass is 10.1. The largest absolute Gasteiger partial charge is 0.397 e. The normalized spacial score (nSPS) is 9.25. The van der Waals surface area contributed by atoms with Gasteiger partial charge in [-0.15, -0.1) is 0 Å². The molecule has 0 aromatic carbocycles. The Kier molecular flexibility index (Phi) is 3.09. The molecule has 62 valence electrons. The standard InChI is InChI=1S/C9H11N3/c10-6-2-1-5-9-8(11)4-3-7-12-9/h3-4,7H,1-2,5,11H2. The number of aromatic nitrogens is 1. The van der Waals surface area contributed by atoms with Gasteiger partial charge in [0.1, 0.15) is 0 Å². The molecule has 12 heavy (non-hydrogen) atoms. The van der Waals surface area contributed by atoms with Crippen LogP contribution in [0.3, 0.4) is 0 Å². The van der Waals surface area contributed by atoms with Gasteiger partial charge in [-0.3, -0.25) is 4.98 Å². The highest BCUT2D eigenvalue weighted by atomic mass is 14.7. The molecule has 0 radical (unpaired) electrons. The van der Waals surface area contributed by atoms with E-state index in [0.29, 0.717) is 6.42 Å². The Hall–Kier alpha value is -1.56. The molecule has 0 unspecified atom stereocenters. The highest BCUT2D eigenvalue weighted by molar-refractivity contribution is 5.41.